The van der Waals surface area contributed by atoms with E-state index in [9.17, 15) is 14.4 Å². The summed E-state index contributed by atoms with van der Waals surface area (Å²) in [5.74, 6) is -0.799. The molecule has 1 aliphatic rings. The summed E-state index contributed by atoms with van der Waals surface area (Å²) in [5.41, 5.74) is 1.10. The van der Waals surface area contributed by atoms with Crippen molar-refractivity contribution < 1.29 is 19.5 Å². The molecule has 92 valence electrons. The van der Waals surface area contributed by atoms with E-state index >= 15 is 0 Å². The van der Waals surface area contributed by atoms with Gasteiger partial charge in [-0.15, -0.1) is 0 Å². The largest absolute Gasteiger partial charge is 0.465 e. The number of hydrogen-bond donors (Lipinski definition) is 2. The van der Waals surface area contributed by atoms with Gasteiger partial charge in [-0.25, -0.2) is 9.69 Å². The number of nitrogens with zero attached hydrogens (tertiary/aromatic N) is 1. The Morgan fingerprint density at radius 1 is 1.22 bits per heavy atom. The fraction of sp³-hybridized carbons (Fsp3) is 0.0833. The molecule has 18 heavy (non-hydrogen) atoms. The molecule has 0 unspecified atom stereocenters. The first-order valence-electron chi connectivity index (χ1n) is 5.20. The second-order valence-electron chi connectivity index (χ2n) is 3.67. The highest BCUT2D eigenvalue weighted by molar-refractivity contribution is 6.28. The molecule has 6 nitrogen and oxygen atoms in total. The van der Waals surface area contributed by atoms with Crippen molar-refractivity contribution >= 4 is 23.6 Å². The average Bonchev–Trinajstić information content (AvgIpc) is 2.67. The van der Waals surface area contributed by atoms with Crippen molar-refractivity contribution in [1.82, 2.24) is 5.32 Å². The molecule has 6 heteroatoms. The van der Waals surface area contributed by atoms with Gasteiger partial charge >= 0.3 is 6.09 Å². The van der Waals surface area contributed by atoms with Crippen LogP contribution in [0, 0.1) is 0 Å². The fourth-order valence-corrected chi connectivity index (χ4v) is 1.64. The molecule has 0 saturated heterocycles. The van der Waals surface area contributed by atoms with E-state index in [0.717, 1.165) is 4.90 Å². The van der Waals surface area contributed by atoms with Crippen molar-refractivity contribution in [2.45, 2.75) is 6.54 Å². The third-order valence-electron chi connectivity index (χ3n) is 2.42. The summed E-state index contributed by atoms with van der Waals surface area (Å²) in [6.45, 7) is 0.118. The Morgan fingerprint density at radius 3 is 2.50 bits per heavy atom. The van der Waals surface area contributed by atoms with Crippen molar-refractivity contribution in [3.05, 3.63) is 42.0 Å². The van der Waals surface area contributed by atoms with Crippen molar-refractivity contribution in [1.29, 1.82) is 0 Å². The highest BCUT2D eigenvalue weighted by atomic mass is 16.4. The number of hydrogen-bond acceptors (Lipinski definition) is 3. The molecule has 0 bridgehead atoms. The standard InChI is InChI=1S/C12H10N2O4/c15-10-4-5-11(16)14(10)9-3-1-2-8(6-9)7-13-12(17)18/h1-6,13H,7H2,(H,17,18). The van der Waals surface area contributed by atoms with Crippen LogP contribution < -0.4 is 10.2 Å². The van der Waals surface area contributed by atoms with Gasteiger partial charge in [0.2, 0.25) is 0 Å². The number of rotatable bonds is 3. The van der Waals surface area contributed by atoms with Crippen LogP contribution in [0.3, 0.4) is 0 Å². The van der Waals surface area contributed by atoms with Crippen molar-refractivity contribution in [2.24, 2.45) is 0 Å². The molecule has 0 aliphatic carbocycles. The monoisotopic (exact) mass is 246 g/mol. The molecule has 0 aromatic heterocycles. The van der Waals surface area contributed by atoms with Crippen LogP contribution in [0.5, 0.6) is 0 Å². The lowest BCUT2D eigenvalue weighted by molar-refractivity contribution is -0.119. The average molecular weight is 246 g/mol. The van der Waals surface area contributed by atoms with Gasteiger partial charge in [-0.1, -0.05) is 12.1 Å². The van der Waals surface area contributed by atoms with Gasteiger partial charge in [0.05, 0.1) is 5.69 Å². The highest BCUT2D eigenvalue weighted by Crippen LogP contribution is 2.20. The van der Waals surface area contributed by atoms with Crippen molar-refractivity contribution in [3.63, 3.8) is 0 Å². The van der Waals surface area contributed by atoms with Gasteiger partial charge in [-0.3, -0.25) is 9.59 Å². The maximum absolute atomic E-state index is 11.5. The third kappa shape index (κ3) is 2.37. The molecule has 2 rings (SSSR count). The number of imide groups is 1. The van der Waals surface area contributed by atoms with Gasteiger partial charge in [-0.05, 0) is 17.7 Å². The lowest BCUT2D eigenvalue weighted by atomic mass is 10.2. The molecule has 3 amide bonds. The number of carbonyl (C=O) groups is 3. The van der Waals surface area contributed by atoms with E-state index in [2.05, 4.69) is 5.32 Å². The van der Waals surface area contributed by atoms with Gasteiger partial charge < -0.3 is 10.4 Å². The number of carbonyl (C=O) groups excluding carboxylic acids is 2. The maximum Gasteiger partial charge on any atom is 0.404 e. The zero-order valence-corrected chi connectivity index (χ0v) is 9.29. The Balaban J connectivity index is 2.19. The smallest absolute Gasteiger partial charge is 0.404 e. The first-order valence-corrected chi connectivity index (χ1v) is 5.20. The molecule has 1 aliphatic heterocycles. The first-order chi connectivity index (χ1) is 8.58. The fourth-order valence-electron chi connectivity index (χ4n) is 1.64. The third-order valence-corrected chi connectivity index (χ3v) is 2.42. The molecule has 0 atom stereocenters. The molecule has 0 fully saturated rings. The van der Waals surface area contributed by atoms with Crippen LogP contribution >= 0.6 is 0 Å². The summed E-state index contributed by atoms with van der Waals surface area (Å²) >= 11 is 0. The lowest BCUT2D eigenvalue weighted by Crippen LogP contribution is -2.29. The predicted molar refractivity (Wildman–Crippen MR) is 62.9 cm³/mol. The first kappa shape index (κ1) is 11.8. The molecule has 0 radical (unpaired) electrons. The van der Waals surface area contributed by atoms with Gasteiger partial charge in [-0.2, -0.15) is 0 Å². The number of anilines is 1. The van der Waals surface area contributed by atoms with Crippen LogP contribution in [0.2, 0.25) is 0 Å². The molecular formula is C12H10N2O4. The Labute approximate surface area is 103 Å². The number of carboxylic acid groups (broad SMARTS) is 1. The van der Waals surface area contributed by atoms with Crippen LogP contribution in [-0.4, -0.2) is 23.0 Å². The highest BCUT2D eigenvalue weighted by Gasteiger charge is 2.24. The summed E-state index contributed by atoms with van der Waals surface area (Å²) in [5, 5.41) is 10.7. The number of benzene rings is 1. The molecular weight excluding hydrogens is 236 g/mol. The van der Waals surface area contributed by atoms with E-state index in [1.807, 2.05) is 0 Å². The van der Waals surface area contributed by atoms with Crippen molar-refractivity contribution in [3.8, 4) is 0 Å². The van der Waals surface area contributed by atoms with E-state index in [1.165, 1.54) is 12.2 Å². The topological polar surface area (TPSA) is 86.7 Å². The molecule has 2 N–H and O–H groups in total. The van der Waals surface area contributed by atoms with Crippen molar-refractivity contribution in [2.75, 3.05) is 4.90 Å². The summed E-state index contributed by atoms with van der Waals surface area (Å²) in [7, 11) is 0. The second kappa shape index (κ2) is 4.70. The zero-order chi connectivity index (χ0) is 13.1. The number of amides is 3. The van der Waals surface area contributed by atoms with E-state index in [-0.39, 0.29) is 6.54 Å². The summed E-state index contributed by atoms with van der Waals surface area (Å²) in [4.78, 5) is 34.4. The maximum atomic E-state index is 11.5. The second-order valence-corrected chi connectivity index (χ2v) is 3.67. The Bertz CT molecular complexity index is 533. The normalized spacial score (nSPS) is 14.1. The lowest BCUT2D eigenvalue weighted by Gasteiger charge is -2.14. The van der Waals surface area contributed by atoms with E-state index < -0.39 is 17.9 Å². The van der Waals surface area contributed by atoms with Crippen LogP contribution in [-0.2, 0) is 16.1 Å². The van der Waals surface area contributed by atoms with E-state index in [4.69, 9.17) is 5.11 Å². The number of nitrogens with one attached hydrogen (secondary N) is 1. The van der Waals surface area contributed by atoms with Crippen LogP contribution in [0.25, 0.3) is 0 Å². The van der Waals surface area contributed by atoms with Crippen LogP contribution in [0.15, 0.2) is 36.4 Å². The van der Waals surface area contributed by atoms with Gasteiger partial charge in [0.15, 0.2) is 0 Å². The van der Waals surface area contributed by atoms with Gasteiger partial charge in [0.25, 0.3) is 11.8 Å². The summed E-state index contributed by atoms with van der Waals surface area (Å²) < 4.78 is 0. The summed E-state index contributed by atoms with van der Waals surface area (Å²) in [6.07, 6.45) is 1.27. The molecule has 1 aromatic carbocycles. The zero-order valence-electron chi connectivity index (χ0n) is 9.29. The predicted octanol–water partition coefficient (Wildman–Crippen LogP) is 0.884. The quantitative estimate of drug-likeness (QED) is 0.775. The minimum Gasteiger partial charge on any atom is -0.465 e. The molecule has 1 aromatic rings. The summed E-state index contributed by atoms with van der Waals surface area (Å²) in [6, 6.07) is 6.58. The molecule has 0 spiro atoms. The van der Waals surface area contributed by atoms with E-state index in [0.29, 0.717) is 11.3 Å². The Kier molecular flexibility index (Phi) is 3.09. The minimum atomic E-state index is -1.13. The SMILES string of the molecule is O=C(O)NCc1cccc(N2C(=O)C=CC2=O)c1. The molecule has 1 heterocycles. The van der Waals surface area contributed by atoms with E-state index in [1.54, 1.807) is 24.3 Å². The Morgan fingerprint density at radius 2 is 1.89 bits per heavy atom. The molecule has 0 saturated carbocycles. The van der Waals surface area contributed by atoms with Crippen LogP contribution in [0.4, 0.5) is 10.5 Å². The Hall–Kier alpha value is -2.63. The minimum absolute atomic E-state index is 0.118. The van der Waals surface area contributed by atoms with Gasteiger partial charge in [0.1, 0.15) is 0 Å². The van der Waals surface area contributed by atoms with Crippen LogP contribution in [0.1, 0.15) is 5.56 Å². The van der Waals surface area contributed by atoms with Gasteiger partial charge in [0, 0.05) is 18.7 Å².